The Morgan fingerprint density at radius 2 is 1.15 bits per heavy atom. The molecule has 1 heteroatoms. The summed E-state index contributed by atoms with van der Waals surface area (Å²) in [5.41, 5.74) is 7.85. The first-order chi connectivity index (χ1) is 12.5. The van der Waals surface area contributed by atoms with Gasteiger partial charge in [-0.15, -0.1) is 0 Å². The second-order valence-corrected chi connectivity index (χ2v) is 8.97. The van der Waals surface area contributed by atoms with Crippen molar-refractivity contribution < 1.29 is 4.74 Å². The zero-order valence-electron chi connectivity index (χ0n) is 19.0. The molecule has 0 aromatic heterocycles. The Morgan fingerprint density at radius 3 is 1.44 bits per heavy atom. The Hall–Kier alpha value is -2.02. The molecule has 0 aliphatic carbocycles. The maximum absolute atomic E-state index is 5.19. The second-order valence-electron chi connectivity index (χ2n) is 8.97. The highest BCUT2D eigenvalue weighted by atomic mass is 16.5. The summed E-state index contributed by atoms with van der Waals surface area (Å²) in [4.78, 5) is 0. The minimum Gasteiger partial charge on any atom is -0.504 e. The van der Waals surface area contributed by atoms with Crippen LogP contribution < -0.4 is 0 Å². The first-order valence-corrected chi connectivity index (χ1v) is 9.85. The number of ether oxygens (including phenoxy) is 1. The van der Waals surface area contributed by atoms with Crippen LogP contribution in [-0.2, 0) is 15.6 Å². The average molecular weight is 367 g/mol. The van der Waals surface area contributed by atoms with Gasteiger partial charge in [-0.2, -0.15) is 0 Å². The summed E-state index contributed by atoms with van der Waals surface area (Å²) in [6.07, 6.45) is 12.5. The van der Waals surface area contributed by atoms with E-state index in [0.29, 0.717) is 0 Å². The molecule has 0 heterocycles. The van der Waals surface area contributed by atoms with Crippen LogP contribution in [0.3, 0.4) is 0 Å². The van der Waals surface area contributed by atoms with Gasteiger partial charge < -0.3 is 4.74 Å². The molecule has 1 nitrogen and oxygen atoms in total. The predicted octanol–water partition coefficient (Wildman–Crippen LogP) is 7.82. The Balaban J connectivity index is 3.98. The van der Waals surface area contributed by atoms with E-state index >= 15 is 0 Å². The molecule has 0 saturated heterocycles. The molecular formula is C26H38O. The Morgan fingerprint density at radius 1 is 0.741 bits per heavy atom. The monoisotopic (exact) mass is 366 g/mol. The molecule has 0 aliphatic heterocycles. The highest BCUT2D eigenvalue weighted by molar-refractivity contribution is 5.82. The van der Waals surface area contributed by atoms with Crippen molar-refractivity contribution in [3.8, 4) is 0 Å². The Labute approximate surface area is 167 Å². The molecule has 27 heavy (non-hydrogen) atoms. The van der Waals surface area contributed by atoms with Gasteiger partial charge in [-0.05, 0) is 83.2 Å². The highest BCUT2D eigenvalue weighted by Gasteiger charge is 2.26. The largest absolute Gasteiger partial charge is 0.504 e. The lowest BCUT2D eigenvalue weighted by Crippen LogP contribution is -2.19. The predicted molar refractivity (Wildman–Crippen MR) is 122 cm³/mol. The lowest BCUT2D eigenvalue weighted by molar-refractivity contribution is 0.338. The van der Waals surface area contributed by atoms with Crippen LogP contribution in [0.25, 0.3) is 11.1 Å². The zero-order valence-corrected chi connectivity index (χ0v) is 19.0. The van der Waals surface area contributed by atoms with Crippen molar-refractivity contribution in [3.05, 3.63) is 71.0 Å². The second kappa shape index (κ2) is 9.26. The van der Waals surface area contributed by atoms with E-state index in [9.17, 15) is 0 Å². The first-order valence-electron chi connectivity index (χ1n) is 9.85. The molecule has 0 unspecified atom stereocenters. The lowest BCUT2D eigenvalue weighted by Gasteiger charge is -2.30. The van der Waals surface area contributed by atoms with Crippen molar-refractivity contribution in [2.45, 2.75) is 73.1 Å². The van der Waals surface area contributed by atoms with Gasteiger partial charge in [-0.25, -0.2) is 0 Å². The van der Waals surface area contributed by atoms with E-state index in [4.69, 9.17) is 4.74 Å². The van der Waals surface area contributed by atoms with Gasteiger partial charge in [0.05, 0.1) is 13.4 Å². The molecule has 0 spiro atoms. The van der Waals surface area contributed by atoms with Crippen LogP contribution in [0.15, 0.2) is 48.8 Å². The van der Waals surface area contributed by atoms with Gasteiger partial charge in [0.1, 0.15) is 0 Å². The molecule has 0 bridgehead atoms. The van der Waals surface area contributed by atoms with Crippen LogP contribution in [0.1, 0.15) is 84.6 Å². The Bertz CT molecular complexity index is 757. The van der Waals surface area contributed by atoms with Gasteiger partial charge in [0.25, 0.3) is 0 Å². The van der Waals surface area contributed by atoms with Crippen molar-refractivity contribution in [1.29, 1.82) is 0 Å². The van der Waals surface area contributed by atoms with Crippen LogP contribution in [0.2, 0.25) is 0 Å². The quantitative estimate of drug-likeness (QED) is 0.381. The van der Waals surface area contributed by atoms with Gasteiger partial charge in [-0.1, -0.05) is 65.8 Å². The maximum Gasteiger partial charge on any atom is 0.0830 e. The standard InChI is InChI=1S/C26H38O/c1-11-14-19(12-2)21-17-24(26(7,8)9)22(18-23(21)25(4,5)6)20(13-3)15-16-27-10/h11-18H,1-10H3/b14-11-,16-15-,19-12+,20-13+. The van der Waals surface area contributed by atoms with Gasteiger partial charge in [0, 0.05) is 0 Å². The van der Waals surface area contributed by atoms with E-state index < -0.39 is 0 Å². The number of hydrogen-bond donors (Lipinski definition) is 0. The van der Waals surface area contributed by atoms with E-state index in [-0.39, 0.29) is 10.8 Å². The Kier molecular flexibility index (Phi) is 7.90. The smallest absolute Gasteiger partial charge is 0.0830 e. The topological polar surface area (TPSA) is 9.23 Å². The van der Waals surface area contributed by atoms with Gasteiger partial charge in [0.2, 0.25) is 0 Å². The molecule has 1 aromatic rings. The molecule has 0 aliphatic rings. The number of methoxy groups -OCH3 is 1. The molecular weight excluding hydrogens is 328 g/mol. The molecule has 1 aromatic carbocycles. The van der Waals surface area contributed by atoms with E-state index in [1.54, 1.807) is 13.4 Å². The number of allylic oxidation sites excluding steroid dienone is 7. The van der Waals surface area contributed by atoms with E-state index in [2.05, 4.69) is 105 Å². The zero-order chi connectivity index (χ0) is 20.8. The number of benzene rings is 1. The molecule has 0 radical (unpaired) electrons. The summed E-state index contributed by atoms with van der Waals surface area (Å²) < 4.78 is 5.19. The van der Waals surface area contributed by atoms with Gasteiger partial charge >= 0.3 is 0 Å². The van der Waals surface area contributed by atoms with Crippen molar-refractivity contribution in [1.82, 2.24) is 0 Å². The fraction of sp³-hybridized carbons (Fsp3) is 0.462. The fourth-order valence-electron chi connectivity index (χ4n) is 3.32. The van der Waals surface area contributed by atoms with Crippen LogP contribution in [-0.4, -0.2) is 7.11 Å². The summed E-state index contributed by atoms with van der Waals surface area (Å²) in [6, 6.07) is 4.79. The fourth-order valence-corrected chi connectivity index (χ4v) is 3.32. The SMILES string of the molecule is C/C=C\C(=C/C)c1cc(C(C)(C)C)c(C(/C=C\OC)=C/C)cc1C(C)(C)C. The summed E-state index contributed by atoms with van der Waals surface area (Å²) in [5.74, 6) is 0. The maximum atomic E-state index is 5.19. The number of hydrogen-bond acceptors (Lipinski definition) is 1. The third kappa shape index (κ3) is 5.73. The summed E-state index contributed by atoms with van der Waals surface area (Å²) in [5, 5.41) is 0. The summed E-state index contributed by atoms with van der Waals surface area (Å²) in [6.45, 7) is 20.0. The summed E-state index contributed by atoms with van der Waals surface area (Å²) in [7, 11) is 1.69. The lowest BCUT2D eigenvalue weighted by atomic mass is 9.74. The normalized spacial score (nSPS) is 14.4. The molecule has 0 atom stereocenters. The van der Waals surface area contributed by atoms with Crippen molar-refractivity contribution >= 4 is 11.1 Å². The van der Waals surface area contributed by atoms with Crippen LogP contribution in [0.5, 0.6) is 0 Å². The van der Waals surface area contributed by atoms with Crippen molar-refractivity contribution in [3.63, 3.8) is 0 Å². The first kappa shape index (κ1) is 23.0. The minimum atomic E-state index is 0.0322. The molecule has 0 fully saturated rings. The van der Waals surface area contributed by atoms with Crippen LogP contribution >= 0.6 is 0 Å². The van der Waals surface area contributed by atoms with Crippen molar-refractivity contribution in [2.75, 3.05) is 7.11 Å². The molecule has 148 valence electrons. The molecule has 1 rings (SSSR count). The van der Waals surface area contributed by atoms with E-state index in [0.717, 1.165) is 0 Å². The summed E-state index contributed by atoms with van der Waals surface area (Å²) >= 11 is 0. The van der Waals surface area contributed by atoms with Gasteiger partial charge in [-0.3, -0.25) is 0 Å². The van der Waals surface area contributed by atoms with Crippen LogP contribution in [0.4, 0.5) is 0 Å². The van der Waals surface area contributed by atoms with Crippen molar-refractivity contribution in [2.24, 2.45) is 0 Å². The molecule has 0 amide bonds. The average Bonchev–Trinajstić information content (AvgIpc) is 2.58. The third-order valence-electron chi connectivity index (χ3n) is 4.75. The highest BCUT2D eigenvalue weighted by Crippen LogP contribution is 2.39. The molecule has 0 N–H and O–H groups in total. The van der Waals surface area contributed by atoms with E-state index in [1.165, 1.54) is 33.4 Å². The minimum absolute atomic E-state index is 0.0322. The third-order valence-corrected chi connectivity index (χ3v) is 4.75. The number of rotatable bonds is 5. The molecule has 0 saturated carbocycles. The van der Waals surface area contributed by atoms with E-state index in [1.807, 2.05) is 0 Å². The van der Waals surface area contributed by atoms with Crippen LogP contribution in [0, 0.1) is 0 Å². The van der Waals surface area contributed by atoms with Gasteiger partial charge in [0.15, 0.2) is 0 Å².